The molecule has 2 rings (SSSR count). The highest BCUT2D eigenvalue weighted by Crippen LogP contribution is 2.18. The molecule has 8 nitrogen and oxygen atoms in total. The first kappa shape index (κ1) is 22.8. The molecule has 10 heteroatoms. The average Bonchev–Trinajstić information content (AvgIpc) is 2.67. The van der Waals surface area contributed by atoms with Crippen LogP contribution in [0.25, 0.3) is 0 Å². The van der Waals surface area contributed by atoms with E-state index in [1.165, 1.54) is 31.3 Å². The van der Waals surface area contributed by atoms with Crippen LogP contribution in [0.5, 0.6) is 0 Å². The molecule has 0 radical (unpaired) electrons. The third-order valence-corrected chi connectivity index (χ3v) is 6.15. The smallest absolute Gasteiger partial charge is 0.253 e. The van der Waals surface area contributed by atoms with Gasteiger partial charge in [-0.1, -0.05) is 35.9 Å². The summed E-state index contributed by atoms with van der Waals surface area (Å²) in [5.41, 5.74) is 2.57. The minimum Gasteiger partial charge on any atom is -0.348 e. The molecule has 0 bridgehead atoms. The van der Waals surface area contributed by atoms with E-state index in [2.05, 4.69) is 10.3 Å². The Morgan fingerprint density at radius 3 is 2.48 bits per heavy atom. The molecule has 29 heavy (non-hydrogen) atoms. The lowest BCUT2D eigenvalue weighted by Crippen LogP contribution is -2.41. The Morgan fingerprint density at radius 2 is 1.86 bits per heavy atom. The predicted octanol–water partition coefficient (Wildman–Crippen LogP) is 1.61. The summed E-state index contributed by atoms with van der Waals surface area (Å²) < 4.78 is 22.9. The van der Waals surface area contributed by atoms with Crippen LogP contribution in [0.4, 0.5) is 0 Å². The zero-order chi connectivity index (χ0) is 21.8. The maximum atomic E-state index is 12.5. The molecule has 1 aromatic heterocycles. The minimum atomic E-state index is -3.97. The number of rotatable bonds is 7. The van der Waals surface area contributed by atoms with Crippen molar-refractivity contribution in [1.82, 2.24) is 15.2 Å². The van der Waals surface area contributed by atoms with E-state index < -0.39 is 21.2 Å². The number of carbonyl (C=O) groups excluding carboxylic acids is 2. The largest absolute Gasteiger partial charge is 0.348 e. The first-order chi connectivity index (χ1) is 13.5. The van der Waals surface area contributed by atoms with Gasteiger partial charge in [-0.15, -0.1) is 0 Å². The van der Waals surface area contributed by atoms with Gasteiger partial charge >= 0.3 is 0 Å². The predicted molar refractivity (Wildman–Crippen MR) is 111 cm³/mol. The van der Waals surface area contributed by atoms with Gasteiger partial charge in [0.05, 0.1) is 10.6 Å². The van der Waals surface area contributed by atoms with Crippen LogP contribution in [0, 0.1) is 6.92 Å². The molecule has 1 heterocycles. The van der Waals surface area contributed by atoms with Gasteiger partial charge in [0.2, 0.25) is 15.9 Å². The fourth-order valence-corrected chi connectivity index (χ4v) is 3.29. The van der Waals surface area contributed by atoms with Gasteiger partial charge in [0, 0.05) is 32.5 Å². The van der Waals surface area contributed by atoms with Crippen LogP contribution in [0.3, 0.4) is 0 Å². The van der Waals surface area contributed by atoms with Crippen molar-refractivity contribution in [2.75, 3.05) is 7.05 Å². The molecule has 0 fully saturated rings. The molecule has 0 spiro atoms. The zero-order valence-corrected chi connectivity index (χ0v) is 17.9. The quantitative estimate of drug-likeness (QED) is 0.679. The molecule has 1 aromatic carbocycles. The molecule has 0 saturated carbocycles. The third kappa shape index (κ3) is 5.75. The Labute approximate surface area is 175 Å². The number of carbonyl (C=O) groups is 2. The van der Waals surface area contributed by atoms with Crippen molar-refractivity contribution < 1.29 is 18.0 Å². The van der Waals surface area contributed by atoms with Gasteiger partial charge in [-0.2, -0.15) is 0 Å². The normalized spacial score (nSPS) is 12.3. The SMILES string of the molecule is Cc1c(Cl)cncc1C(=O)NCc1ccccc1CN(C)C(=O)C(C)S(N)(=O)=O. The van der Waals surface area contributed by atoms with Crippen LogP contribution in [0.2, 0.25) is 5.02 Å². The van der Waals surface area contributed by atoms with Crippen molar-refractivity contribution in [2.45, 2.75) is 32.2 Å². The fourth-order valence-electron chi connectivity index (χ4n) is 2.67. The summed E-state index contributed by atoms with van der Waals surface area (Å²) in [6, 6.07) is 7.23. The van der Waals surface area contributed by atoms with Crippen LogP contribution in [0.1, 0.15) is 34.0 Å². The lowest BCUT2D eigenvalue weighted by atomic mass is 10.1. The van der Waals surface area contributed by atoms with E-state index in [1.54, 1.807) is 19.1 Å². The van der Waals surface area contributed by atoms with Gasteiger partial charge in [0.25, 0.3) is 5.91 Å². The Morgan fingerprint density at radius 1 is 1.24 bits per heavy atom. The van der Waals surface area contributed by atoms with Gasteiger partial charge in [-0.3, -0.25) is 14.6 Å². The van der Waals surface area contributed by atoms with Crippen LogP contribution >= 0.6 is 11.6 Å². The molecule has 2 amide bonds. The molecule has 0 saturated heterocycles. The van der Waals surface area contributed by atoms with E-state index in [1.807, 2.05) is 12.1 Å². The van der Waals surface area contributed by atoms with E-state index in [9.17, 15) is 18.0 Å². The number of primary sulfonamides is 1. The highest BCUT2D eigenvalue weighted by atomic mass is 35.5. The van der Waals surface area contributed by atoms with Gasteiger partial charge in [0.1, 0.15) is 0 Å². The van der Waals surface area contributed by atoms with Gasteiger partial charge in [-0.05, 0) is 30.5 Å². The lowest BCUT2D eigenvalue weighted by Gasteiger charge is -2.22. The molecular weight excluding hydrogens is 416 g/mol. The molecule has 1 unspecified atom stereocenters. The van der Waals surface area contributed by atoms with Crippen LogP contribution < -0.4 is 10.5 Å². The number of amides is 2. The fraction of sp³-hybridized carbons (Fsp3) is 0.316. The molecular formula is C19H23ClN4O4S. The number of nitrogens with two attached hydrogens (primary N) is 1. The second kappa shape index (κ2) is 9.34. The third-order valence-electron chi connectivity index (χ3n) is 4.58. The van der Waals surface area contributed by atoms with E-state index in [0.29, 0.717) is 16.1 Å². The summed E-state index contributed by atoms with van der Waals surface area (Å²) in [5, 5.41) is 6.95. The number of sulfonamides is 1. The summed E-state index contributed by atoms with van der Waals surface area (Å²) in [6.07, 6.45) is 2.92. The minimum absolute atomic E-state index is 0.169. The summed E-state index contributed by atoms with van der Waals surface area (Å²) in [6.45, 7) is 3.37. The standard InChI is InChI=1S/C19H23ClN4O4S/c1-12-16(9-22-10-17(12)20)18(25)23-8-14-6-4-5-7-15(14)11-24(3)19(26)13(2)29(21,27)28/h4-7,9-10,13H,8,11H2,1-3H3,(H,23,25)(H2,21,27,28). The van der Waals surface area contributed by atoms with E-state index in [4.69, 9.17) is 16.7 Å². The Bertz CT molecular complexity index is 1030. The molecule has 156 valence electrons. The molecule has 0 aliphatic rings. The number of hydrogen-bond acceptors (Lipinski definition) is 5. The first-order valence-electron chi connectivity index (χ1n) is 8.74. The number of pyridine rings is 1. The Kier molecular flexibility index (Phi) is 7.34. The van der Waals surface area contributed by atoms with Crippen molar-refractivity contribution in [2.24, 2.45) is 5.14 Å². The summed E-state index contributed by atoms with van der Waals surface area (Å²) in [7, 11) is -2.47. The zero-order valence-electron chi connectivity index (χ0n) is 16.3. The molecule has 1 atom stereocenters. The summed E-state index contributed by atoms with van der Waals surface area (Å²) in [5.74, 6) is -0.924. The maximum Gasteiger partial charge on any atom is 0.253 e. The Balaban J connectivity index is 2.12. The summed E-state index contributed by atoms with van der Waals surface area (Å²) in [4.78, 5) is 30.0. The van der Waals surface area contributed by atoms with Crippen LogP contribution in [0.15, 0.2) is 36.7 Å². The first-order valence-corrected chi connectivity index (χ1v) is 10.7. The van der Waals surface area contributed by atoms with Crippen molar-refractivity contribution >= 4 is 33.4 Å². The van der Waals surface area contributed by atoms with E-state index >= 15 is 0 Å². The average molecular weight is 439 g/mol. The topological polar surface area (TPSA) is 122 Å². The monoisotopic (exact) mass is 438 g/mol. The number of halogens is 1. The number of aromatic nitrogens is 1. The van der Waals surface area contributed by atoms with E-state index in [-0.39, 0.29) is 19.0 Å². The number of nitrogens with zero attached hydrogens (tertiary/aromatic N) is 2. The second-order valence-electron chi connectivity index (χ2n) is 6.67. The van der Waals surface area contributed by atoms with Gasteiger partial charge in [0.15, 0.2) is 5.25 Å². The second-order valence-corrected chi connectivity index (χ2v) is 8.96. The number of hydrogen-bond donors (Lipinski definition) is 2. The maximum absolute atomic E-state index is 12.5. The molecule has 2 aromatic rings. The van der Waals surface area contributed by atoms with Crippen molar-refractivity contribution in [1.29, 1.82) is 0 Å². The highest BCUT2D eigenvalue weighted by molar-refractivity contribution is 7.90. The van der Waals surface area contributed by atoms with Crippen molar-refractivity contribution in [3.8, 4) is 0 Å². The molecule has 0 aliphatic carbocycles. The van der Waals surface area contributed by atoms with Crippen LogP contribution in [-0.4, -0.2) is 42.4 Å². The van der Waals surface area contributed by atoms with E-state index in [0.717, 1.165) is 11.1 Å². The highest BCUT2D eigenvalue weighted by Gasteiger charge is 2.27. The Hall–Kier alpha value is -2.49. The summed E-state index contributed by atoms with van der Waals surface area (Å²) >= 11 is 6.01. The van der Waals surface area contributed by atoms with Gasteiger partial charge in [-0.25, -0.2) is 13.6 Å². The van der Waals surface area contributed by atoms with Gasteiger partial charge < -0.3 is 10.2 Å². The lowest BCUT2D eigenvalue weighted by molar-refractivity contribution is -0.129. The van der Waals surface area contributed by atoms with Crippen molar-refractivity contribution in [3.05, 3.63) is 63.9 Å². The van der Waals surface area contributed by atoms with Crippen molar-refractivity contribution in [3.63, 3.8) is 0 Å². The number of nitrogens with one attached hydrogen (secondary N) is 1. The molecule has 0 aliphatic heterocycles. The van der Waals surface area contributed by atoms with Crippen LogP contribution in [-0.2, 0) is 27.9 Å². The molecule has 3 N–H and O–H groups in total. The number of benzene rings is 1.